The summed E-state index contributed by atoms with van der Waals surface area (Å²) in [6.45, 7) is 2.83. The van der Waals surface area contributed by atoms with Crippen molar-refractivity contribution in [2.24, 2.45) is 0 Å². The highest BCUT2D eigenvalue weighted by Crippen LogP contribution is 2.23. The lowest BCUT2D eigenvalue weighted by Crippen LogP contribution is -2.50. The van der Waals surface area contributed by atoms with Crippen LogP contribution >= 0.6 is 0 Å². The smallest absolute Gasteiger partial charge is 0.407 e. The van der Waals surface area contributed by atoms with Crippen LogP contribution < -0.4 is 0 Å². The highest BCUT2D eigenvalue weighted by Gasteiger charge is 2.26. The van der Waals surface area contributed by atoms with Crippen LogP contribution in [-0.2, 0) is 0 Å². The van der Waals surface area contributed by atoms with E-state index < -0.39 is 6.09 Å². The van der Waals surface area contributed by atoms with Crippen molar-refractivity contribution in [1.82, 2.24) is 9.80 Å². The molecule has 0 aromatic rings. The number of amides is 1. The maximum atomic E-state index is 10.7. The van der Waals surface area contributed by atoms with Gasteiger partial charge in [-0.15, -0.1) is 6.42 Å². The molecule has 86 valence electrons. The number of carbonyl (C=O) groups is 1. The second-order valence-corrected chi connectivity index (χ2v) is 4.25. The van der Waals surface area contributed by atoms with Crippen molar-refractivity contribution in [3.8, 4) is 12.3 Å². The van der Waals surface area contributed by atoms with Crippen LogP contribution in [-0.4, -0.2) is 53.2 Å². The van der Waals surface area contributed by atoms with Crippen LogP contribution in [0.15, 0.2) is 11.6 Å². The highest BCUT2D eigenvalue weighted by atomic mass is 16.4. The van der Waals surface area contributed by atoms with Crippen molar-refractivity contribution in [3.05, 3.63) is 11.6 Å². The van der Waals surface area contributed by atoms with Gasteiger partial charge in [0.15, 0.2) is 0 Å². The molecule has 0 unspecified atom stereocenters. The summed E-state index contributed by atoms with van der Waals surface area (Å²) >= 11 is 0. The summed E-state index contributed by atoms with van der Waals surface area (Å²) in [7, 11) is 0. The molecular formula is C12H16N2O2. The molecule has 1 saturated heterocycles. The zero-order valence-electron chi connectivity index (χ0n) is 9.22. The SMILES string of the molecule is C#CC1=C[C@H](N2CCN(C(=O)O)CC2)CC1. The summed E-state index contributed by atoms with van der Waals surface area (Å²) in [5.74, 6) is 2.69. The third-order valence-corrected chi connectivity index (χ3v) is 3.34. The zero-order chi connectivity index (χ0) is 11.5. The average molecular weight is 220 g/mol. The Hall–Kier alpha value is -1.47. The Kier molecular flexibility index (Phi) is 3.16. The molecule has 1 aliphatic heterocycles. The Morgan fingerprint density at radius 3 is 2.62 bits per heavy atom. The molecule has 2 aliphatic rings. The standard InChI is InChI=1S/C12H16N2O2/c1-2-10-3-4-11(9-10)13-5-7-14(8-6-13)12(15)16/h1,9,11H,3-8H2,(H,15,16)/t11-/m1/s1. The second-order valence-electron chi connectivity index (χ2n) is 4.25. The lowest BCUT2D eigenvalue weighted by Gasteiger charge is -2.36. The van der Waals surface area contributed by atoms with Crippen molar-refractivity contribution in [3.63, 3.8) is 0 Å². The quantitative estimate of drug-likeness (QED) is 0.671. The van der Waals surface area contributed by atoms with Gasteiger partial charge in [0.1, 0.15) is 0 Å². The highest BCUT2D eigenvalue weighted by molar-refractivity contribution is 5.65. The molecule has 0 spiro atoms. The van der Waals surface area contributed by atoms with Crippen LogP contribution in [0.25, 0.3) is 0 Å². The first-order valence-electron chi connectivity index (χ1n) is 5.60. The number of hydrogen-bond acceptors (Lipinski definition) is 2. The maximum Gasteiger partial charge on any atom is 0.407 e. The van der Waals surface area contributed by atoms with E-state index in [0.29, 0.717) is 19.1 Å². The molecule has 2 rings (SSSR count). The molecule has 1 amide bonds. The van der Waals surface area contributed by atoms with Gasteiger partial charge in [0.25, 0.3) is 0 Å². The Morgan fingerprint density at radius 1 is 1.44 bits per heavy atom. The maximum absolute atomic E-state index is 10.7. The number of nitrogens with zero attached hydrogens (tertiary/aromatic N) is 2. The van der Waals surface area contributed by atoms with Crippen molar-refractivity contribution in [2.75, 3.05) is 26.2 Å². The van der Waals surface area contributed by atoms with Crippen molar-refractivity contribution >= 4 is 6.09 Å². The molecule has 1 atom stereocenters. The van der Waals surface area contributed by atoms with Crippen LogP contribution in [0.5, 0.6) is 0 Å². The number of piperazine rings is 1. The lowest BCUT2D eigenvalue weighted by molar-refractivity contribution is 0.0944. The molecular weight excluding hydrogens is 204 g/mol. The molecule has 1 N–H and O–H groups in total. The minimum atomic E-state index is -0.814. The Balaban J connectivity index is 1.89. The van der Waals surface area contributed by atoms with E-state index in [9.17, 15) is 4.79 Å². The molecule has 0 saturated carbocycles. The Bertz CT molecular complexity index is 349. The van der Waals surface area contributed by atoms with E-state index in [0.717, 1.165) is 31.5 Å². The molecule has 1 aliphatic carbocycles. The van der Waals surface area contributed by atoms with Crippen molar-refractivity contribution in [1.29, 1.82) is 0 Å². The normalized spacial score (nSPS) is 26.3. The first-order valence-corrected chi connectivity index (χ1v) is 5.60. The monoisotopic (exact) mass is 220 g/mol. The predicted molar refractivity (Wildman–Crippen MR) is 61.1 cm³/mol. The van der Waals surface area contributed by atoms with E-state index in [1.165, 1.54) is 4.90 Å². The minimum Gasteiger partial charge on any atom is -0.465 e. The molecule has 1 fully saturated rings. The fourth-order valence-corrected chi connectivity index (χ4v) is 2.36. The fourth-order valence-electron chi connectivity index (χ4n) is 2.36. The minimum absolute atomic E-state index is 0.419. The topological polar surface area (TPSA) is 43.8 Å². The number of rotatable bonds is 1. The third kappa shape index (κ3) is 2.20. The molecule has 16 heavy (non-hydrogen) atoms. The van der Waals surface area contributed by atoms with Crippen LogP contribution in [0.1, 0.15) is 12.8 Å². The van der Waals surface area contributed by atoms with Crippen molar-refractivity contribution in [2.45, 2.75) is 18.9 Å². The van der Waals surface area contributed by atoms with Gasteiger partial charge in [0, 0.05) is 32.2 Å². The molecule has 4 heteroatoms. The van der Waals surface area contributed by atoms with E-state index in [1.54, 1.807) is 0 Å². The summed E-state index contributed by atoms with van der Waals surface area (Å²) in [4.78, 5) is 14.5. The number of hydrogen-bond donors (Lipinski definition) is 1. The summed E-state index contributed by atoms with van der Waals surface area (Å²) in [5, 5.41) is 8.84. The number of allylic oxidation sites excluding steroid dienone is 1. The molecule has 0 bridgehead atoms. The molecule has 0 radical (unpaired) electrons. The van der Waals surface area contributed by atoms with Crippen molar-refractivity contribution < 1.29 is 9.90 Å². The zero-order valence-corrected chi connectivity index (χ0v) is 9.22. The van der Waals surface area contributed by atoms with E-state index in [2.05, 4.69) is 16.9 Å². The summed E-state index contributed by atoms with van der Waals surface area (Å²) < 4.78 is 0. The lowest BCUT2D eigenvalue weighted by atomic mass is 10.2. The number of carboxylic acid groups (broad SMARTS) is 1. The Morgan fingerprint density at radius 2 is 2.12 bits per heavy atom. The first kappa shape index (κ1) is 11.0. The van der Waals surface area contributed by atoms with Gasteiger partial charge in [0.2, 0.25) is 0 Å². The van der Waals surface area contributed by atoms with Gasteiger partial charge in [-0.25, -0.2) is 4.79 Å². The van der Waals surface area contributed by atoms with Crippen LogP contribution in [0, 0.1) is 12.3 Å². The van der Waals surface area contributed by atoms with Crippen LogP contribution in [0.2, 0.25) is 0 Å². The molecule has 1 heterocycles. The van der Waals surface area contributed by atoms with Gasteiger partial charge < -0.3 is 10.0 Å². The number of terminal acetylenes is 1. The average Bonchev–Trinajstić information content (AvgIpc) is 2.77. The Labute approximate surface area is 95.5 Å². The molecule has 4 nitrogen and oxygen atoms in total. The van der Waals surface area contributed by atoms with Gasteiger partial charge in [-0.2, -0.15) is 0 Å². The summed E-state index contributed by atoms with van der Waals surface area (Å²) in [6.07, 6.45) is 8.76. The third-order valence-electron chi connectivity index (χ3n) is 3.34. The largest absolute Gasteiger partial charge is 0.465 e. The van der Waals surface area contributed by atoms with Gasteiger partial charge in [-0.3, -0.25) is 4.90 Å². The van der Waals surface area contributed by atoms with Gasteiger partial charge in [-0.05, 0) is 18.4 Å². The molecule has 0 aromatic carbocycles. The van der Waals surface area contributed by atoms with Gasteiger partial charge in [-0.1, -0.05) is 12.0 Å². The van der Waals surface area contributed by atoms with E-state index in [4.69, 9.17) is 11.5 Å². The van der Waals surface area contributed by atoms with E-state index in [1.807, 2.05) is 0 Å². The van der Waals surface area contributed by atoms with Gasteiger partial charge in [0.05, 0.1) is 0 Å². The van der Waals surface area contributed by atoms with Gasteiger partial charge >= 0.3 is 6.09 Å². The van der Waals surface area contributed by atoms with Crippen LogP contribution in [0.3, 0.4) is 0 Å². The predicted octanol–water partition coefficient (Wildman–Crippen LogP) is 1.00. The second kappa shape index (κ2) is 4.58. The molecule has 0 aromatic heterocycles. The van der Waals surface area contributed by atoms with Crippen LogP contribution in [0.4, 0.5) is 4.79 Å². The fraction of sp³-hybridized carbons (Fsp3) is 0.583. The van der Waals surface area contributed by atoms with E-state index in [-0.39, 0.29) is 0 Å². The van der Waals surface area contributed by atoms with E-state index >= 15 is 0 Å². The summed E-state index contributed by atoms with van der Waals surface area (Å²) in [5.41, 5.74) is 1.09. The first-order chi connectivity index (χ1) is 7.70. The summed E-state index contributed by atoms with van der Waals surface area (Å²) in [6, 6.07) is 0.419.